The van der Waals surface area contributed by atoms with E-state index in [2.05, 4.69) is 24.4 Å². The van der Waals surface area contributed by atoms with Crippen molar-refractivity contribution in [2.24, 2.45) is 0 Å². The van der Waals surface area contributed by atoms with Crippen LogP contribution in [0.3, 0.4) is 0 Å². The van der Waals surface area contributed by atoms with Gasteiger partial charge >= 0.3 is 0 Å². The maximum Gasteiger partial charge on any atom is 0.244 e. The van der Waals surface area contributed by atoms with Gasteiger partial charge in [0.15, 0.2) is 0 Å². The lowest BCUT2D eigenvalue weighted by molar-refractivity contribution is -0.122. The van der Waals surface area contributed by atoms with E-state index in [9.17, 15) is 13.2 Å². The van der Waals surface area contributed by atoms with Crippen LogP contribution in [0.1, 0.15) is 48.6 Å². The first-order valence-corrected chi connectivity index (χ1v) is 11.8. The number of nitrogens with one attached hydrogen (secondary N) is 1. The lowest BCUT2D eigenvalue weighted by Crippen LogP contribution is -2.49. The summed E-state index contributed by atoms with van der Waals surface area (Å²) in [5.41, 5.74) is 4.87. The van der Waals surface area contributed by atoms with Crippen molar-refractivity contribution in [1.82, 2.24) is 5.32 Å². The molecule has 2 aromatic carbocycles. The summed E-state index contributed by atoms with van der Waals surface area (Å²) in [6, 6.07) is 9.50. The van der Waals surface area contributed by atoms with Crippen molar-refractivity contribution in [2.45, 2.75) is 53.1 Å². The van der Waals surface area contributed by atoms with E-state index in [1.54, 1.807) is 31.2 Å². The number of anilines is 1. The van der Waals surface area contributed by atoms with E-state index in [4.69, 9.17) is 11.6 Å². The van der Waals surface area contributed by atoms with Crippen LogP contribution in [0.2, 0.25) is 5.02 Å². The minimum absolute atomic E-state index is 0.248. The quantitative estimate of drug-likeness (QED) is 0.684. The van der Waals surface area contributed by atoms with Crippen LogP contribution in [0.4, 0.5) is 5.69 Å². The topological polar surface area (TPSA) is 66.5 Å². The summed E-state index contributed by atoms with van der Waals surface area (Å²) in [6.07, 6.45) is 1.44. The molecule has 0 heterocycles. The zero-order valence-electron chi connectivity index (χ0n) is 17.8. The van der Waals surface area contributed by atoms with E-state index >= 15 is 0 Å². The monoisotopic (exact) mass is 436 g/mol. The van der Waals surface area contributed by atoms with Crippen LogP contribution in [0, 0.1) is 20.8 Å². The highest BCUT2D eigenvalue weighted by Gasteiger charge is 2.32. The normalized spacial score (nSPS) is 13.6. The summed E-state index contributed by atoms with van der Waals surface area (Å²) in [5, 5.41) is 3.50. The molecule has 5 nitrogen and oxygen atoms in total. The zero-order chi connectivity index (χ0) is 21.9. The van der Waals surface area contributed by atoms with Crippen LogP contribution in [-0.4, -0.2) is 26.6 Å². The fourth-order valence-corrected chi connectivity index (χ4v) is 4.82. The van der Waals surface area contributed by atoms with Gasteiger partial charge in [0.1, 0.15) is 6.04 Å². The Morgan fingerprint density at radius 3 is 2.14 bits per heavy atom. The lowest BCUT2D eigenvalue weighted by atomic mass is 9.96. The molecule has 2 rings (SSSR count). The second kappa shape index (κ2) is 9.18. The number of hydrogen-bond donors (Lipinski definition) is 1. The molecule has 0 bridgehead atoms. The predicted molar refractivity (Wildman–Crippen MR) is 120 cm³/mol. The van der Waals surface area contributed by atoms with Gasteiger partial charge in [-0.25, -0.2) is 8.42 Å². The average Bonchev–Trinajstić information content (AvgIpc) is 2.62. The summed E-state index contributed by atoms with van der Waals surface area (Å²) < 4.78 is 26.2. The number of carbonyl (C=O) groups is 1. The summed E-state index contributed by atoms with van der Waals surface area (Å²) in [7, 11) is -3.68. The molecule has 0 spiro atoms. The molecule has 0 saturated carbocycles. The molecule has 0 saturated heterocycles. The average molecular weight is 437 g/mol. The smallest absolute Gasteiger partial charge is 0.244 e. The Morgan fingerprint density at radius 1 is 1.07 bits per heavy atom. The second-order valence-corrected chi connectivity index (χ2v) is 9.78. The molecule has 0 aliphatic heterocycles. The fourth-order valence-electron chi connectivity index (χ4n) is 3.48. The maximum atomic E-state index is 13.1. The Balaban J connectivity index is 2.34. The molecule has 1 N–H and O–H groups in total. The summed E-state index contributed by atoms with van der Waals surface area (Å²) in [6.45, 7) is 9.81. The highest BCUT2D eigenvalue weighted by atomic mass is 35.5. The van der Waals surface area contributed by atoms with Crippen molar-refractivity contribution in [3.63, 3.8) is 0 Å². The zero-order valence-corrected chi connectivity index (χ0v) is 19.4. The number of halogens is 1. The molecule has 158 valence electrons. The number of amides is 1. The van der Waals surface area contributed by atoms with Crippen molar-refractivity contribution in [2.75, 3.05) is 10.6 Å². The maximum absolute atomic E-state index is 13.1. The highest BCUT2D eigenvalue weighted by molar-refractivity contribution is 7.92. The molecule has 29 heavy (non-hydrogen) atoms. The number of sulfonamides is 1. The van der Waals surface area contributed by atoms with E-state index in [-0.39, 0.29) is 11.9 Å². The molecule has 0 aliphatic carbocycles. The number of aryl methyl sites for hydroxylation is 3. The predicted octanol–water partition coefficient (Wildman–Crippen LogP) is 4.69. The molecule has 0 aromatic heterocycles. The van der Waals surface area contributed by atoms with E-state index in [0.717, 1.165) is 22.9 Å². The summed E-state index contributed by atoms with van der Waals surface area (Å²) >= 11 is 5.93. The third kappa shape index (κ3) is 5.52. The van der Waals surface area contributed by atoms with Crippen molar-refractivity contribution >= 4 is 33.2 Å². The van der Waals surface area contributed by atoms with Crippen molar-refractivity contribution in [3.8, 4) is 0 Å². The Hall–Kier alpha value is -2.05. The summed E-state index contributed by atoms with van der Waals surface area (Å²) in [4.78, 5) is 13.1. The van der Waals surface area contributed by atoms with Crippen molar-refractivity contribution in [3.05, 3.63) is 63.7 Å². The van der Waals surface area contributed by atoms with E-state index in [1.807, 2.05) is 20.8 Å². The lowest BCUT2D eigenvalue weighted by Gasteiger charge is -2.31. The molecular formula is C22H29ClN2O3S. The minimum atomic E-state index is -3.68. The Kier molecular flexibility index (Phi) is 7.35. The largest absolute Gasteiger partial charge is 0.348 e. The number of carbonyl (C=O) groups excluding carboxylic acids is 1. The van der Waals surface area contributed by atoms with Gasteiger partial charge in [-0.3, -0.25) is 9.10 Å². The third-order valence-electron chi connectivity index (χ3n) is 5.12. The Labute approximate surface area is 179 Å². The Bertz CT molecular complexity index is 988. The number of hydrogen-bond acceptors (Lipinski definition) is 3. The van der Waals surface area contributed by atoms with Crippen LogP contribution < -0.4 is 9.62 Å². The minimum Gasteiger partial charge on any atom is -0.348 e. The third-order valence-corrected chi connectivity index (χ3v) is 6.55. The van der Waals surface area contributed by atoms with Gasteiger partial charge in [-0.15, -0.1) is 0 Å². The summed E-state index contributed by atoms with van der Waals surface area (Å²) in [5.74, 6) is -0.335. The van der Waals surface area contributed by atoms with Gasteiger partial charge in [-0.2, -0.15) is 0 Å². The molecule has 0 unspecified atom stereocenters. The van der Waals surface area contributed by atoms with Crippen LogP contribution in [0.15, 0.2) is 36.4 Å². The fraction of sp³-hybridized carbons (Fsp3) is 0.409. The van der Waals surface area contributed by atoms with Gasteiger partial charge in [-0.1, -0.05) is 30.7 Å². The SMILES string of the molecule is CC[C@@H](C(=O)N[C@@H](C)c1cc(C)c(C)cc1C)N(c1ccc(Cl)cc1)S(C)(=O)=O. The van der Waals surface area contributed by atoms with Gasteiger partial charge in [0, 0.05) is 5.02 Å². The molecule has 0 radical (unpaired) electrons. The van der Waals surface area contributed by atoms with Gasteiger partial charge in [0.25, 0.3) is 0 Å². The Morgan fingerprint density at radius 2 is 1.62 bits per heavy atom. The number of benzene rings is 2. The second-order valence-electron chi connectivity index (χ2n) is 7.48. The van der Waals surface area contributed by atoms with Crippen molar-refractivity contribution < 1.29 is 13.2 Å². The van der Waals surface area contributed by atoms with E-state index in [1.165, 1.54) is 9.87 Å². The van der Waals surface area contributed by atoms with Crippen LogP contribution >= 0.6 is 11.6 Å². The van der Waals surface area contributed by atoms with Gasteiger partial charge < -0.3 is 5.32 Å². The molecular weight excluding hydrogens is 408 g/mol. The van der Waals surface area contributed by atoms with Gasteiger partial charge in [-0.05, 0) is 80.6 Å². The first kappa shape index (κ1) is 23.2. The first-order valence-electron chi connectivity index (χ1n) is 9.58. The van der Waals surface area contributed by atoms with E-state index in [0.29, 0.717) is 17.1 Å². The number of rotatable bonds is 7. The standard InChI is InChI=1S/C22H29ClN2O3S/c1-7-21(25(29(6,27)28)19-10-8-18(23)9-11-19)22(26)24-17(5)20-13-15(3)14(2)12-16(20)4/h8-13,17,21H,7H2,1-6H3,(H,24,26)/t17-,21-/m0/s1. The van der Waals surface area contributed by atoms with Crippen LogP contribution in [-0.2, 0) is 14.8 Å². The molecule has 7 heteroatoms. The highest BCUT2D eigenvalue weighted by Crippen LogP contribution is 2.26. The molecule has 0 fully saturated rings. The molecule has 2 aromatic rings. The number of nitrogens with zero attached hydrogens (tertiary/aromatic N) is 1. The van der Waals surface area contributed by atoms with E-state index < -0.39 is 16.1 Å². The van der Waals surface area contributed by atoms with Gasteiger partial charge in [0.05, 0.1) is 18.0 Å². The molecule has 1 amide bonds. The van der Waals surface area contributed by atoms with Crippen LogP contribution in [0.5, 0.6) is 0 Å². The first-order chi connectivity index (χ1) is 13.5. The molecule has 2 atom stereocenters. The van der Waals surface area contributed by atoms with Crippen LogP contribution in [0.25, 0.3) is 0 Å². The molecule has 0 aliphatic rings. The van der Waals surface area contributed by atoms with Crippen molar-refractivity contribution in [1.29, 1.82) is 0 Å². The van der Waals surface area contributed by atoms with Gasteiger partial charge in [0.2, 0.25) is 15.9 Å².